The summed E-state index contributed by atoms with van der Waals surface area (Å²) in [6.45, 7) is 10.3. The molecule has 7 nitrogen and oxygen atoms in total. The fourth-order valence-corrected chi connectivity index (χ4v) is 5.66. The van der Waals surface area contributed by atoms with Gasteiger partial charge < -0.3 is 15.0 Å². The Hall–Kier alpha value is -0.130. The van der Waals surface area contributed by atoms with E-state index < -0.39 is 10.0 Å². The Morgan fingerprint density at radius 2 is 1.86 bits per heavy atom. The van der Waals surface area contributed by atoms with Crippen molar-refractivity contribution in [3.05, 3.63) is 0 Å². The number of rotatable bonds is 9. The molecule has 170 valence electrons. The van der Waals surface area contributed by atoms with Crippen LogP contribution < -0.4 is 5.32 Å². The maximum Gasteiger partial charge on any atom is 0.216 e. The van der Waals surface area contributed by atoms with E-state index in [2.05, 4.69) is 17.1 Å². The fraction of sp³-hybridized carbons (Fsp3) is 0.950. The van der Waals surface area contributed by atoms with E-state index in [-0.39, 0.29) is 42.4 Å². The molecular formula is C20H39IN4O3S. The third kappa shape index (κ3) is 6.67. The van der Waals surface area contributed by atoms with Crippen molar-refractivity contribution in [2.24, 2.45) is 16.3 Å². The van der Waals surface area contributed by atoms with Gasteiger partial charge in [0, 0.05) is 39.3 Å². The third-order valence-corrected chi connectivity index (χ3v) is 8.23. The van der Waals surface area contributed by atoms with Gasteiger partial charge in [-0.05, 0) is 57.8 Å². The van der Waals surface area contributed by atoms with Crippen molar-refractivity contribution >= 4 is 40.0 Å². The summed E-state index contributed by atoms with van der Waals surface area (Å²) in [4.78, 5) is 7.21. The zero-order valence-electron chi connectivity index (χ0n) is 18.2. The van der Waals surface area contributed by atoms with Crippen LogP contribution in [0.25, 0.3) is 0 Å². The largest absolute Gasteiger partial charge is 0.378 e. The lowest BCUT2D eigenvalue weighted by molar-refractivity contribution is 0.0904. The van der Waals surface area contributed by atoms with E-state index in [1.54, 1.807) is 4.31 Å². The lowest BCUT2D eigenvalue weighted by Gasteiger charge is -2.42. The predicted molar refractivity (Wildman–Crippen MR) is 128 cm³/mol. The minimum atomic E-state index is -3.25. The molecule has 0 aromatic heterocycles. The zero-order chi connectivity index (χ0) is 20.2. The Kier molecular flexibility index (Phi) is 9.49. The molecule has 1 saturated heterocycles. The molecule has 2 saturated carbocycles. The number of halogens is 1. The summed E-state index contributed by atoms with van der Waals surface area (Å²) in [6.07, 6.45) is 6.81. The predicted octanol–water partition coefficient (Wildman–Crippen LogP) is 2.52. The number of piperazine rings is 1. The lowest BCUT2D eigenvalue weighted by atomic mass is 9.65. The van der Waals surface area contributed by atoms with Gasteiger partial charge in [0.15, 0.2) is 5.96 Å². The van der Waals surface area contributed by atoms with Gasteiger partial charge in [-0.1, -0.05) is 6.42 Å². The highest BCUT2D eigenvalue weighted by Crippen LogP contribution is 2.57. The van der Waals surface area contributed by atoms with E-state index in [4.69, 9.17) is 9.73 Å². The summed E-state index contributed by atoms with van der Waals surface area (Å²) in [7, 11) is -3.25. The highest BCUT2D eigenvalue weighted by Gasteiger charge is 2.48. The highest BCUT2D eigenvalue weighted by atomic mass is 127. The van der Waals surface area contributed by atoms with Gasteiger partial charge in [0.05, 0.1) is 18.5 Å². The van der Waals surface area contributed by atoms with Crippen LogP contribution in [0.3, 0.4) is 0 Å². The summed E-state index contributed by atoms with van der Waals surface area (Å²) >= 11 is 0. The van der Waals surface area contributed by atoms with E-state index in [0.29, 0.717) is 31.6 Å². The van der Waals surface area contributed by atoms with Gasteiger partial charge in [0.1, 0.15) is 0 Å². The highest BCUT2D eigenvalue weighted by molar-refractivity contribution is 14.0. The smallest absolute Gasteiger partial charge is 0.216 e. The van der Waals surface area contributed by atoms with Gasteiger partial charge in [-0.25, -0.2) is 8.42 Å². The molecule has 0 spiro atoms. The molecule has 0 amide bonds. The first-order valence-corrected chi connectivity index (χ1v) is 12.6. The standard InChI is InChI=1S/C20H38N4O3S.HI/c1-4-21-19(22-16-20(8-5-9-20)18-6-7-18)23-10-12-24(13-11-23)28(25,26)15-14-27-17(2)3;/h17-18H,4-16H2,1-3H3,(H,21,22);1H. The van der Waals surface area contributed by atoms with E-state index >= 15 is 0 Å². The molecule has 1 aliphatic heterocycles. The zero-order valence-corrected chi connectivity index (χ0v) is 21.4. The van der Waals surface area contributed by atoms with E-state index in [1.807, 2.05) is 13.8 Å². The van der Waals surface area contributed by atoms with Crippen LogP contribution in [0, 0.1) is 11.3 Å². The van der Waals surface area contributed by atoms with Crippen LogP contribution in [0.5, 0.6) is 0 Å². The number of hydrogen-bond acceptors (Lipinski definition) is 4. The molecule has 9 heteroatoms. The van der Waals surface area contributed by atoms with Crippen LogP contribution in [-0.2, 0) is 14.8 Å². The summed E-state index contributed by atoms with van der Waals surface area (Å²) < 4.78 is 32.1. The van der Waals surface area contributed by atoms with Crippen molar-refractivity contribution in [2.75, 3.05) is 51.6 Å². The Labute approximate surface area is 194 Å². The number of ether oxygens (including phenoxy) is 1. The SMILES string of the molecule is CCNC(=NCC1(C2CC2)CCC1)N1CCN(S(=O)(=O)CCOC(C)C)CC1.I. The van der Waals surface area contributed by atoms with Crippen LogP contribution in [-0.4, -0.2) is 81.3 Å². The molecule has 0 atom stereocenters. The Morgan fingerprint density at radius 1 is 1.21 bits per heavy atom. The molecule has 3 rings (SSSR count). The normalized spacial score (nSPS) is 22.9. The average Bonchev–Trinajstić information content (AvgIpc) is 3.45. The number of guanidine groups is 1. The van der Waals surface area contributed by atoms with Gasteiger partial charge in [-0.15, -0.1) is 24.0 Å². The van der Waals surface area contributed by atoms with Crippen LogP contribution in [0.15, 0.2) is 4.99 Å². The molecule has 0 aromatic carbocycles. The second-order valence-electron chi connectivity index (χ2n) is 8.78. The molecule has 1 N–H and O–H groups in total. The maximum atomic E-state index is 12.5. The lowest BCUT2D eigenvalue weighted by Crippen LogP contribution is -2.54. The number of aliphatic imine (C=N–C) groups is 1. The average molecular weight is 543 g/mol. The summed E-state index contributed by atoms with van der Waals surface area (Å²) in [5, 5.41) is 3.42. The summed E-state index contributed by atoms with van der Waals surface area (Å²) in [6, 6.07) is 0. The monoisotopic (exact) mass is 542 g/mol. The van der Waals surface area contributed by atoms with Crippen molar-refractivity contribution in [1.29, 1.82) is 0 Å². The molecule has 3 fully saturated rings. The molecule has 0 bridgehead atoms. The first-order chi connectivity index (χ1) is 13.4. The van der Waals surface area contributed by atoms with Gasteiger partial charge in [0.2, 0.25) is 10.0 Å². The Bertz CT molecular complexity index is 640. The maximum absolute atomic E-state index is 12.5. The van der Waals surface area contributed by atoms with Crippen LogP contribution in [0.1, 0.15) is 52.9 Å². The van der Waals surface area contributed by atoms with Gasteiger partial charge in [-0.3, -0.25) is 4.99 Å². The number of nitrogens with zero attached hydrogens (tertiary/aromatic N) is 3. The topological polar surface area (TPSA) is 74.2 Å². The first-order valence-electron chi connectivity index (χ1n) is 11.0. The molecule has 0 unspecified atom stereocenters. The van der Waals surface area contributed by atoms with Gasteiger partial charge >= 0.3 is 0 Å². The fourth-order valence-electron chi connectivity index (χ4n) is 4.38. The molecular weight excluding hydrogens is 503 g/mol. The molecule has 2 aliphatic carbocycles. The van der Waals surface area contributed by atoms with Crippen LogP contribution >= 0.6 is 24.0 Å². The molecule has 0 aromatic rings. The first kappa shape index (κ1) is 25.1. The number of sulfonamides is 1. The second kappa shape index (κ2) is 10.9. The number of nitrogens with one attached hydrogen (secondary N) is 1. The van der Waals surface area contributed by atoms with Crippen molar-refractivity contribution < 1.29 is 13.2 Å². The quantitative estimate of drug-likeness (QED) is 0.276. The molecule has 29 heavy (non-hydrogen) atoms. The minimum Gasteiger partial charge on any atom is -0.378 e. The second-order valence-corrected chi connectivity index (χ2v) is 10.9. The molecule has 3 aliphatic rings. The van der Waals surface area contributed by atoms with E-state index in [0.717, 1.165) is 25.0 Å². The van der Waals surface area contributed by atoms with Gasteiger partial charge in [0.25, 0.3) is 0 Å². The minimum absolute atomic E-state index is 0. The molecule has 0 radical (unpaired) electrons. The molecule has 1 heterocycles. The van der Waals surface area contributed by atoms with Crippen molar-refractivity contribution in [3.63, 3.8) is 0 Å². The number of hydrogen-bond donors (Lipinski definition) is 1. The van der Waals surface area contributed by atoms with Crippen LogP contribution in [0.2, 0.25) is 0 Å². The van der Waals surface area contributed by atoms with Crippen molar-refractivity contribution in [2.45, 2.75) is 59.0 Å². The van der Waals surface area contributed by atoms with Gasteiger partial charge in [-0.2, -0.15) is 4.31 Å². The van der Waals surface area contributed by atoms with E-state index in [1.165, 1.54) is 32.1 Å². The van der Waals surface area contributed by atoms with Crippen molar-refractivity contribution in [3.8, 4) is 0 Å². The Morgan fingerprint density at radius 3 is 2.34 bits per heavy atom. The van der Waals surface area contributed by atoms with Crippen LogP contribution in [0.4, 0.5) is 0 Å². The van der Waals surface area contributed by atoms with E-state index in [9.17, 15) is 8.42 Å². The third-order valence-electron chi connectivity index (χ3n) is 6.40. The summed E-state index contributed by atoms with van der Waals surface area (Å²) in [5.41, 5.74) is 0.461. The summed E-state index contributed by atoms with van der Waals surface area (Å²) in [5.74, 6) is 1.90. The van der Waals surface area contributed by atoms with Crippen molar-refractivity contribution in [1.82, 2.24) is 14.5 Å². The Balaban J connectivity index is 0.00000300.